The number of hydrogen-bond acceptors (Lipinski definition) is 3. The molecule has 2 amide bonds. The largest absolute Gasteiger partial charge is 0.449 e. The molecule has 1 saturated heterocycles. The first kappa shape index (κ1) is 21.0. The van der Waals surface area contributed by atoms with Gasteiger partial charge in [-0.15, -0.1) is 0 Å². The molecule has 0 bridgehead atoms. The molecule has 1 aliphatic heterocycles. The van der Waals surface area contributed by atoms with Crippen LogP contribution in [0, 0.1) is 17.3 Å². The third kappa shape index (κ3) is 4.80. The molecule has 3 rings (SSSR count). The Morgan fingerprint density at radius 1 is 1.32 bits per heavy atom. The van der Waals surface area contributed by atoms with Crippen LogP contribution in [0.15, 0.2) is 18.2 Å². The standard InChI is InChI=1S/C22H31ClN2O3/c1-15(2)14-28-21(27)24-17-7-8-18(19(23)12-17)20(26)25-11-10-22(3)9-5-4-6-16(22)13-25/h7-8,12,15-16H,4-6,9-11,13-14H2,1-3H3,(H,24,27)/t16-,22?/m0/s1. The van der Waals surface area contributed by atoms with Gasteiger partial charge in [-0.05, 0) is 54.7 Å². The Balaban J connectivity index is 1.63. The molecule has 1 heterocycles. The van der Waals surface area contributed by atoms with E-state index in [2.05, 4.69) is 12.2 Å². The molecule has 1 saturated carbocycles. The van der Waals surface area contributed by atoms with E-state index in [0.717, 1.165) is 19.5 Å². The van der Waals surface area contributed by atoms with Gasteiger partial charge in [0.05, 0.1) is 17.2 Å². The monoisotopic (exact) mass is 406 g/mol. The molecule has 154 valence electrons. The van der Waals surface area contributed by atoms with Gasteiger partial charge in [0.1, 0.15) is 0 Å². The zero-order valence-electron chi connectivity index (χ0n) is 17.1. The average Bonchev–Trinajstić information content (AvgIpc) is 2.65. The van der Waals surface area contributed by atoms with Crippen molar-refractivity contribution < 1.29 is 14.3 Å². The van der Waals surface area contributed by atoms with Crippen LogP contribution in [0.4, 0.5) is 10.5 Å². The molecule has 1 aliphatic carbocycles. The summed E-state index contributed by atoms with van der Waals surface area (Å²) in [7, 11) is 0. The summed E-state index contributed by atoms with van der Waals surface area (Å²) in [6.45, 7) is 8.27. The number of hydrogen-bond donors (Lipinski definition) is 1. The molecule has 0 radical (unpaired) electrons. The quantitative estimate of drug-likeness (QED) is 0.709. The maximum absolute atomic E-state index is 13.0. The SMILES string of the molecule is CC(C)COC(=O)Nc1ccc(C(=O)N2CCC3(C)CCCC[C@H]3C2)c(Cl)c1. The molecule has 2 aliphatic rings. The van der Waals surface area contributed by atoms with E-state index in [0.29, 0.717) is 34.2 Å². The smallest absolute Gasteiger partial charge is 0.411 e. The van der Waals surface area contributed by atoms with E-state index in [-0.39, 0.29) is 11.8 Å². The third-order valence-corrected chi connectivity index (χ3v) is 6.52. The van der Waals surface area contributed by atoms with Crippen molar-refractivity contribution in [1.82, 2.24) is 4.90 Å². The fourth-order valence-corrected chi connectivity index (χ4v) is 4.64. The second kappa shape index (κ2) is 8.73. The minimum absolute atomic E-state index is 0.0217. The number of ether oxygens (including phenoxy) is 1. The Morgan fingerprint density at radius 2 is 2.11 bits per heavy atom. The molecule has 1 aromatic rings. The first-order valence-electron chi connectivity index (χ1n) is 10.3. The highest BCUT2D eigenvalue weighted by atomic mass is 35.5. The lowest BCUT2D eigenvalue weighted by Crippen LogP contribution is -2.49. The predicted molar refractivity (Wildman–Crippen MR) is 112 cm³/mol. The number of carbonyl (C=O) groups is 2. The Bertz CT molecular complexity index is 736. The van der Waals surface area contributed by atoms with Crippen LogP contribution < -0.4 is 5.32 Å². The average molecular weight is 407 g/mol. The van der Waals surface area contributed by atoms with Gasteiger partial charge in [0.15, 0.2) is 0 Å². The second-order valence-electron chi connectivity index (χ2n) is 8.91. The summed E-state index contributed by atoms with van der Waals surface area (Å²) in [5, 5.41) is 3.01. The van der Waals surface area contributed by atoms with Gasteiger partial charge in [-0.2, -0.15) is 0 Å². The summed E-state index contributed by atoms with van der Waals surface area (Å²) in [5.41, 5.74) is 1.39. The fraction of sp³-hybridized carbons (Fsp3) is 0.636. The highest BCUT2D eigenvalue weighted by Crippen LogP contribution is 2.46. The number of amides is 2. The number of benzene rings is 1. The molecular weight excluding hydrogens is 376 g/mol. The number of nitrogens with zero attached hydrogens (tertiary/aromatic N) is 1. The Hall–Kier alpha value is -1.75. The molecule has 2 atom stereocenters. The van der Waals surface area contributed by atoms with Crippen LogP contribution in [-0.4, -0.2) is 36.6 Å². The summed E-state index contributed by atoms with van der Waals surface area (Å²) in [6, 6.07) is 5.00. The lowest BCUT2D eigenvalue weighted by atomic mass is 9.64. The first-order chi connectivity index (χ1) is 13.3. The Labute approximate surface area is 172 Å². The molecule has 1 aromatic carbocycles. The van der Waals surface area contributed by atoms with E-state index in [1.807, 2.05) is 18.7 Å². The summed E-state index contributed by atoms with van der Waals surface area (Å²) < 4.78 is 5.11. The van der Waals surface area contributed by atoms with Crippen LogP contribution in [-0.2, 0) is 4.74 Å². The lowest BCUT2D eigenvalue weighted by molar-refractivity contribution is 0.0134. The van der Waals surface area contributed by atoms with Gasteiger partial charge in [0, 0.05) is 18.8 Å². The molecule has 0 spiro atoms. The van der Waals surface area contributed by atoms with Crippen molar-refractivity contribution in [3.63, 3.8) is 0 Å². The highest BCUT2D eigenvalue weighted by Gasteiger charge is 2.41. The maximum Gasteiger partial charge on any atom is 0.411 e. The molecule has 5 nitrogen and oxygen atoms in total. The van der Waals surface area contributed by atoms with Gasteiger partial charge in [-0.25, -0.2) is 4.79 Å². The molecule has 2 fully saturated rings. The minimum atomic E-state index is -0.517. The number of anilines is 1. The van der Waals surface area contributed by atoms with Crippen LogP contribution in [0.25, 0.3) is 0 Å². The Kier molecular flexibility index (Phi) is 6.54. The zero-order chi connectivity index (χ0) is 20.3. The summed E-state index contributed by atoms with van der Waals surface area (Å²) >= 11 is 6.38. The lowest BCUT2D eigenvalue weighted by Gasteiger charge is -2.48. The van der Waals surface area contributed by atoms with E-state index < -0.39 is 6.09 Å². The van der Waals surface area contributed by atoms with Gasteiger partial charge in [-0.3, -0.25) is 10.1 Å². The van der Waals surface area contributed by atoms with Crippen molar-refractivity contribution in [3.05, 3.63) is 28.8 Å². The van der Waals surface area contributed by atoms with E-state index >= 15 is 0 Å². The van der Waals surface area contributed by atoms with Gasteiger partial charge in [-0.1, -0.05) is 45.2 Å². The number of halogens is 1. The second-order valence-corrected chi connectivity index (χ2v) is 9.32. The van der Waals surface area contributed by atoms with Crippen molar-refractivity contribution >= 4 is 29.3 Å². The fourth-order valence-electron chi connectivity index (χ4n) is 4.38. The first-order valence-corrected chi connectivity index (χ1v) is 10.7. The van der Waals surface area contributed by atoms with Gasteiger partial charge in [0.25, 0.3) is 5.91 Å². The van der Waals surface area contributed by atoms with Crippen LogP contribution in [0.5, 0.6) is 0 Å². The third-order valence-electron chi connectivity index (χ3n) is 6.21. The normalized spacial score (nSPS) is 24.6. The van der Waals surface area contributed by atoms with Crippen molar-refractivity contribution in [3.8, 4) is 0 Å². The topological polar surface area (TPSA) is 58.6 Å². The molecular formula is C22H31ClN2O3. The van der Waals surface area contributed by atoms with E-state index in [4.69, 9.17) is 16.3 Å². The maximum atomic E-state index is 13.0. The predicted octanol–water partition coefficient (Wildman–Crippen LogP) is 5.59. The molecule has 1 unspecified atom stereocenters. The number of carbonyl (C=O) groups excluding carboxylic acids is 2. The summed E-state index contributed by atoms with van der Waals surface area (Å²) in [4.78, 5) is 26.8. The highest BCUT2D eigenvalue weighted by molar-refractivity contribution is 6.34. The van der Waals surface area contributed by atoms with E-state index in [1.165, 1.54) is 25.7 Å². The minimum Gasteiger partial charge on any atom is -0.449 e. The van der Waals surface area contributed by atoms with E-state index in [1.54, 1.807) is 18.2 Å². The number of rotatable bonds is 4. The van der Waals surface area contributed by atoms with E-state index in [9.17, 15) is 9.59 Å². The molecule has 28 heavy (non-hydrogen) atoms. The van der Waals surface area contributed by atoms with Gasteiger partial charge in [0.2, 0.25) is 0 Å². The van der Waals surface area contributed by atoms with Crippen LogP contribution in [0.1, 0.15) is 63.2 Å². The number of nitrogens with one attached hydrogen (secondary N) is 1. The van der Waals surface area contributed by atoms with Crippen molar-refractivity contribution in [2.45, 2.75) is 52.9 Å². The van der Waals surface area contributed by atoms with Gasteiger partial charge < -0.3 is 9.64 Å². The van der Waals surface area contributed by atoms with Crippen LogP contribution >= 0.6 is 11.6 Å². The zero-order valence-corrected chi connectivity index (χ0v) is 17.8. The Morgan fingerprint density at radius 3 is 2.82 bits per heavy atom. The van der Waals surface area contributed by atoms with Crippen molar-refractivity contribution in [2.75, 3.05) is 25.0 Å². The summed E-state index contributed by atoms with van der Waals surface area (Å²) in [6.07, 6.45) is 5.58. The van der Waals surface area contributed by atoms with Crippen molar-refractivity contribution in [1.29, 1.82) is 0 Å². The van der Waals surface area contributed by atoms with Crippen molar-refractivity contribution in [2.24, 2.45) is 17.3 Å². The number of piperidine rings is 1. The molecule has 6 heteroatoms. The van der Waals surface area contributed by atoms with Crippen LogP contribution in [0.2, 0.25) is 5.02 Å². The molecule has 0 aromatic heterocycles. The van der Waals surface area contributed by atoms with Crippen LogP contribution in [0.3, 0.4) is 0 Å². The summed E-state index contributed by atoms with van der Waals surface area (Å²) in [5.74, 6) is 0.825. The van der Waals surface area contributed by atoms with Gasteiger partial charge >= 0.3 is 6.09 Å². The number of likely N-dealkylation sites (tertiary alicyclic amines) is 1. The number of fused-ring (bicyclic) bond motifs is 1. The molecule has 1 N–H and O–H groups in total.